The van der Waals surface area contributed by atoms with Gasteiger partial charge >= 0.3 is 0 Å². The minimum atomic E-state index is -0.657. The first-order chi connectivity index (χ1) is 12.5. The fourth-order valence-electron chi connectivity index (χ4n) is 2.80. The molecule has 1 saturated heterocycles. The van der Waals surface area contributed by atoms with Crippen molar-refractivity contribution < 1.29 is 18.7 Å². The zero-order valence-corrected chi connectivity index (χ0v) is 15.3. The third kappa shape index (κ3) is 4.14. The smallest absolute Gasteiger partial charge is 0.256 e. The summed E-state index contributed by atoms with van der Waals surface area (Å²) in [4.78, 5) is 16.8. The summed E-state index contributed by atoms with van der Waals surface area (Å²) in [5.41, 5.74) is 1.36. The van der Waals surface area contributed by atoms with Gasteiger partial charge in [0.2, 0.25) is 0 Å². The molecule has 1 amide bonds. The molecule has 1 fully saturated rings. The van der Waals surface area contributed by atoms with E-state index in [1.807, 2.05) is 19.1 Å². The number of hydrogen-bond acceptors (Lipinski definition) is 4. The molecule has 2 atom stereocenters. The zero-order chi connectivity index (χ0) is 18.7. The third-order valence-electron chi connectivity index (χ3n) is 4.29. The van der Waals surface area contributed by atoms with Gasteiger partial charge in [-0.2, -0.15) is 0 Å². The molecular weight excluding hydrogens is 359 g/mol. The van der Waals surface area contributed by atoms with Crippen molar-refractivity contribution in [3.05, 3.63) is 58.1 Å². The maximum absolute atomic E-state index is 14.1. The summed E-state index contributed by atoms with van der Waals surface area (Å²) >= 11 is 6.12. The van der Waals surface area contributed by atoms with Crippen molar-refractivity contribution in [3.63, 3.8) is 0 Å². The monoisotopic (exact) mass is 378 g/mol. The van der Waals surface area contributed by atoms with Crippen LogP contribution in [-0.4, -0.2) is 36.3 Å². The van der Waals surface area contributed by atoms with Crippen molar-refractivity contribution in [2.75, 3.05) is 13.2 Å². The van der Waals surface area contributed by atoms with Gasteiger partial charge in [0.1, 0.15) is 17.7 Å². The van der Waals surface area contributed by atoms with E-state index in [1.54, 1.807) is 13.1 Å². The summed E-state index contributed by atoms with van der Waals surface area (Å²) in [6, 6.07) is 6.03. The van der Waals surface area contributed by atoms with Gasteiger partial charge in [-0.3, -0.25) is 9.78 Å². The molecule has 0 spiro atoms. The molecule has 1 aliphatic heterocycles. The van der Waals surface area contributed by atoms with Crippen LogP contribution in [0.15, 0.2) is 30.5 Å². The number of benzene rings is 1. The van der Waals surface area contributed by atoms with Crippen LogP contribution in [0.5, 0.6) is 5.75 Å². The molecule has 3 rings (SSSR count). The van der Waals surface area contributed by atoms with Crippen LogP contribution < -0.4 is 10.1 Å². The van der Waals surface area contributed by atoms with Gasteiger partial charge in [0, 0.05) is 12.1 Å². The van der Waals surface area contributed by atoms with E-state index in [-0.39, 0.29) is 23.3 Å². The van der Waals surface area contributed by atoms with Crippen molar-refractivity contribution in [1.82, 2.24) is 10.3 Å². The molecule has 1 aromatic carbocycles. The highest BCUT2D eigenvalue weighted by Crippen LogP contribution is 2.24. The first kappa shape index (κ1) is 18.6. The van der Waals surface area contributed by atoms with E-state index in [1.165, 1.54) is 12.1 Å². The summed E-state index contributed by atoms with van der Waals surface area (Å²) in [5, 5.41) is 2.90. The summed E-state index contributed by atoms with van der Waals surface area (Å²) in [7, 11) is 0. The standard InChI is InChI=1S/C19H20ClFN2O3/c1-11-3-6-14(21)17(18(11)20)19(24)23-15-10-25-8-7-16(15)26-13-5-4-12(2)22-9-13/h3-6,9,15-16H,7-8,10H2,1-2H3,(H,23,24)/t15-,16+/m1/s1. The predicted molar refractivity (Wildman–Crippen MR) is 96.2 cm³/mol. The SMILES string of the molecule is Cc1ccc(O[C@H]2CCOC[C@H]2NC(=O)c2c(F)ccc(C)c2Cl)cn1. The Morgan fingerprint density at radius 2 is 2.15 bits per heavy atom. The Balaban J connectivity index is 1.75. The Kier molecular flexibility index (Phi) is 5.74. The Bertz CT molecular complexity index is 798. The fraction of sp³-hybridized carbons (Fsp3) is 0.368. The van der Waals surface area contributed by atoms with Gasteiger partial charge < -0.3 is 14.8 Å². The highest BCUT2D eigenvalue weighted by molar-refractivity contribution is 6.34. The Morgan fingerprint density at radius 3 is 2.88 bits per heavy atom. The lowest BCUT2D eigenvalue weighted by molar-refractivity contribution is -0.00306. The van der Waals surface area contributed by atoms with Gasteiger partial charge in [0.15, 0.2) is 0 Å². The van der Waals surface area contributed by atoms with Crippen molar-refractivity contribution >= 4 is 17.5 Å². The molecule has 0 unspecified atom stereocenters. The fourth-order valence-corrected chi connectivity index (χ4v) is 3.04. The number of amides is 1. The lowest BCUT2D eigenvalue weighted by Crippen LogP contribution is -2.52. The molecule has 0 bridgehead atoms. The minimum absolute atomic E-state index is 0.111. The Labute approximate surface area is 156 Å². The van der Waals surface area contributed by atoms with Crippen molar-refractivity contribution in [2.45, 2.75) is 32.4 Å². The molecule has 0 saturated carbocycles. The largest absolute Gasteiger partial charge is 0.486 e. The highest BCUT2D eigenvalue weighted by Gasteiger charge is 2.30. The molecule has 2 heterocycles. The Hall–Kier alpha value is -2.18. The minimum Gasteiger partial charge on any atom is -0.486 e. The van der Waals surface area contributed by atoms with E-state index in [9.17, 15) is 9.18 Å². The molecule has 1 aliphatic rings. The van der Waals surface area contributed by atoms with Crippen molar-refractivity contribution in [2.24, 2.45) is 0 Å². The average Bonchev–Trinajstić information content (AvgIpc) is 2.62. The molecule has 1 aromatic heterocycles. The van der Waals surface area contributed by atoms with Crippen LogP contribution >= 0.6 is 11.6 Å². The Morgan fingerprint density at radius 1 is 1.35 bits per heavy atom. The number of nitrogens with zero attached hydrogens (tertiary/aromatic N) is 1. The number of aromatic nitrogens is 1. The zero-order valence-electron chi connectivity index (χ0n) is 14.6. The number of rotatable bonds is 4. The second kappa shape index (κ2) is 8.01. The summed E-state index contributed by atoms with van der Waals surface area (Å²) < 4.78 is 25.5. The number of pyridine rings is 1. The summed E-state index contributed by atoms with van der Waals surface area (Å²) in [5.74, 6) is -0.626. The van der Waals surface area contributed by atoms with Crippen LogP contribution in [0.4, 0.5) is 4.39 Å². The molecule has 0 radical (unpaired) electrons. The van der Waals surface area contributed by atoms with Crippen molar-refractivity contribution in [1.29, 1.82) is 0 Å². The van der Waals surface area contributed by atoms with Gasteiger partial charge in [0.05, 0.1) is 36.0 Å². The van der Waals surface area contributed by atoms with E-state index < -0.39 is 17.8 Å². The second-order valence-electron chi connectivity index (χ2n) is 6.29. The van der Waals surface area contributed by atoms with Gasteiger partial charge in [-0.1, -0.05) is 17.7 Å². The van der Waals surface area contributed by atoms with E-state index in [4.69, 9.17) is 21.1 Å². The lowest BCUT2D eigenvalue weighted by Gasteiger charge is -2.32. The van der Waals surface area contributed by atoms with E-state index in [0.29, 0.717) is 24.3 Å². The number of hydrogen-bond donors (Lipinski definition) is 1. The second-order valence-corrected chi connectivity index (χ2v) is 6.67. The maximum Gasteiger partial charge on any atom is 0.256 e. The van der Waals surface area contributed by atoms with E-state index in [2.05, 4.69) is 10.3 Å². The molecule has 1 N–H and O–H groups in total. The molecule has 5 nitrogen and oxygen atoms in total. The third-order valence-corrected chi connectivity index (χ3v) is 4.78. The van der Waals surface area contributed by atoms with Gasteiger partial charge in [-0.05, 0) is 37.6 Å². The number of halogens is 2. The average molecular weight is 379 g/mol. The molecular formula is C19H20ClFN2O3. The van der Waals surface area contributed by atoms with Crippen LogP contribution in [0.25, 0.3) is 0 Å². The van der Waals surface area contributed by atoms with Crippen LogP contribution in [0.2, 0.25) is 5.02 Å². The predicted octanol–water partition coefficient (Wildman–Crippen LogP) is 3.46. The molecule has 26 heavy (non-hydrogen) atoms. The van der Waals surface area contributed by atoms with Crippen LogP contribution in [0.3, 0.4) is 0 Å². The lowest BCUT2D eigenvalue weighted by atomic mass is 10.0. The van der Waals surface area contributed by atoms with Crippen LogP contribution in [0.1, 0.15) is 28.0 Å². The molecule has 2 aromatic rings. The quantitative estimate of drug-likeness (QED) is 0.885. The van der Waals surface area contributed by atoms with Crippen molar-refractivity contribution in [3.8, 4) is 5.75 Å². The van der Waals surface area contributed by atoms with E-state index >= 15 is 0 Å². The number of nitrogens with one attached hydrogen (secondary N) is 1. The van der Waals surface area contributed by atoms with Crippen LogP contribution in [-0.2, 0) is 4.74 Å². The summed E-state index contributed by atoms with van der Waals surface area (Å²) in [6.45, 7) is 4.41. The van der Waals surface area contributed by atoms with Gasteiger partial charge in [-0.15, -0.1) is 0 Å². The number of ether oxygens (including phenoxy) is 2. The first-order valence-corrected chi connectivity index (χ1v) is 8.76. The number of carbonyl (C=O) groups excluding carboxylic acids is 1. The summed E-state index contributed by atoms with van der Waals surface area (Å²) in [6.07, 6.45) is 1.94. The molecule has 138 valence electrons. The topological polar surface area (TPSA) is 60.5 Å². The molecule has 7 heteroatoms. The maximum atomic E-state index is 14.1. The van der Waals surface area contributed by atoms with Crippen LogP contribution in [0, 0.1) is 19.7 Å². The molecule has 0 aliphatic carbocycles. The van der Waals surface area contributed by atoms with Gasteiger partial charge in [-0.25, -0.2) is 4.39 Å². The van der Waals surface area contributed by atoms with Gasteiger partial charge in [0.25, 0.3) is 5.91 Å². The van der Waals surface area contributed by atoms with E-state index in [0.717, 1.165) is 5.69 Å². The first-order valence-electron chi connectivity index (χ1n) is 8.38. The highest BCUT2D eigenvalue weighted by atomic mass is 35.5. The normalized spacial score (nSPS) is 19.8. The number of carbonyl (C=O) groups is 1. The number of aryl methyl sites for hydroxylation is 2.